The van der Waals surface area contributed by atoms with E-state index < -0.39 is 6.16 Å². The minimum atomic E-state index is -2.33. The molecule has 0 spiro atoms. The molecule has 0 atom stereocenters. The van der Waals surface area contributed by atoms with Gasteiger partial charge in [0.05, 0.1) is 0 Å². The maximum absolute atomic E-state index is 8.33. The Morgan fingerprint density at radius 2 is 0.889 bits per heavy atom. The molecule has 0 aliphatic carbocycles. The van der Waals surface area contributed by atoms with Gasteiger partial charge in [-0.1, -0.05) is 0 Å². The van der Waals surface area contributed by atoms with Crippen LogP contribution in [0, 0.1) is 0 Å². The fourth-order valence-corrected chi connectivity index (χ4v) is 0. The molecule has 0 aliphatic rings. The van der Waals surface area contributed by atoms with E-state index in [-0.39, 0.29) is 41.4 Å². The van der Waals surface area contributed by atoms with Gasteiger partial charge in [0.2, 0.25) is 0 Å². The van der Waals surface area contributed by atoms with Crippen LogP contribution in [0.5, 0.6) is 0 Å². The fourth-order valence-electron chi connectivity index (χ4n) is 0. The molecule has 0 rings (SSSR count). The number of hydrogen-bond donors (Lipinski definition) is 0. The third-order valence-corrected chi connectivity index (χ3v) is 0. The van der Waals surface area contributed by atoms with Crippen LogP contribution in [-0.2, 0) is 16.8 Å². The molecule has 0 aromatic rings. The summed E-state index contributed by atoms with van der Waals surface area (Å²) in [5.74, 6) is 0. The van der Waals surface area contributed by atoms with Crippen molar-refractivity contribution < 1.29 is 31.8 Å². The Morgan fingerprint density at radius 1 is 0.889 bits per heavy atom. The monoisotopic (exact) mass is 175 g/mol. The van der Waals surface area contributed by atoms with Crippen LogP contribution in [0.2, 0.25) is 0 Å². The van der Waals surface area contributed by atoms with E-state index in [0.717, 1.165) is 0 Å². The van der Waals surface area contributed by atoms with E-state index >= 15 is 0 Å². The van der Waals surface area contributed by atoms with Crippen LogP contribution in [-0.4, -0.2) is 6.16 Å². The van der Waals surface area contributed by atoms with E-state index in [1.807, 2.05) is 0 Å². The molecule has 0 N–H and O–H groups in total. The summed E-state index contributed by atoms with van der Waals surface area (Å²) in [5.41, 5.74) is 0. The second kappa shape index (κ2) is 48.7. The van der Waals surface area contributed by atoms with E-state index in [0.29, 0.717) is 0 Å². The van der Waals surface area contributed by atoms with Crippen molar-refractivity contribution in [2.24, 2.45) is 0 Å². The Labute approximate surface area is 63.4 Å². The Balaban J connectivity index is -0.00000000450. The average molecular weight is 175 g/mol. The van der Waals surface area contributed by atoms with Crippen molar-refractivity contribution in [2.45, 2.75) is 0 Å². The van der Waals surface area contributed by atoms with Gasteiger partial charge in [0.25, 0.3) is 0 Å². The molecule has 9 heavy (non-hydrogen) atoms. The molecule has 51 valence electrons. The first-order valence-electron chi connectivity index (χ1n) is 0.612. The number of nitrogens with zero attached hydrogens (tertiary/aromatic N) is 4. The fraction of sp³-hybridized carbons (Fsp3) is 0. The van der Waals surface area contributed by atoms with E-state index in [9.17, 15) is 0 Å². The molecule has 0 unspecified atom stereocenters. The summed E-state index contributed by atoms with van der Waals surface area (Å²) in [6.07, 6.45) is -2.33. The van der Waals surface area contributed by atoms with Gasteiger partial charge in [-0.15, -0.1) is 0 Å². The minimum absolute atomic E-state index is 0. The Kier molecular flexibility index (Phi) is 395. The molecule has 0 fully saturated rings. The predicted octanol–water partition coefficient (Wildman–Crippen LogP) is -4.37. The summed E-state index contributed by atoms with van der Waals surface area (Å²) < 4.78 is 0. The molecule has 0 saturated carbocycles. The second-order valence-electron chi connectivity index (χ2n) is 0.250. The van der Waals surface area contributed by atoms with E-state index in [2.05, 4.69) is 0 Å². The van der Waals surface area contributed by atoms with Gasteiger partial charge in [-0.25, -0.2) is 0 Å². The first kappa shape index (κ1) is 73.0. The van der Waals surface area contributed by atoms with Gasteiger partial charge in [-0.2, -0.15) is 0 Å². The van der Waals surface area contributed by atoms with Gasteiger partial charge in [0, 0.05) is 24.6 Å². The van der Waals surface area contributed by atoms with E-state index in [1.165, 1.54) is 0 Å². The molecule has 0 amide bonds. The van der Waals surface area contributed by atoms with Crippen molar-refractivity contribution in [2.75, 3.05) is 0 Å². The smallest absolute Gasteiger partial charge is 0.652 e. The van der Waals surface area contributed by atoms with Gasteiger partial charge in [0.15, 0.2) is 0 Å². The second-order valence-corrected chi connectivity index (χ2v) is 0.250. The molecule has 0 aromatic carbocycles. The predicted molar refractivity (Wildman–Crippen MR) is 13.9 cm³/mol. The van der Waals surface area contributed by atoms with Crippen LogP contribution in [0.3, 0.4) is 0 Å². The van der Waals surface area contributed by atoms with Crippen LogP contribution < -0.4 is 34.8 Å². The summed E-state index contributed by atoms with van der Waals surface area (Å²) in [6, 6.07) is 0. The first-order chi connectivity index (χ1) is 1.73. The van der Waals surface area contributed by atoms with Gasteiger partial charge in [-0.05, 0) is 6.16 Å². The maximum atomic E-state index is 8.33. The molecule has 8 heteroatoms. The third-order valence-electron chi connectivity index (χ3n) is 0. The zero-order valence-electron chi connectivity index (χ0n) is 3.85. The van der Waals surface area contributed by atoms with Crippen LogP contribution in [0.15, 0.2) is 0 Å². The summed E-state index contributed by atoms with van der Waals surface area (Å²) >= 11 is 0. The number of carbonyl (C=O) groups is 1. The van der Waals surface area contributed by atoms with Crippen molar-refractivity contribution in [1.82, 2.24) is 24.6 Å². The summed E-state index contributed by atoms with van der Waals surface area (Å²) in [4.78, 5) is 8.33. The van der Waals surface area contributed by atoms with Gasteiger partial charge in [-0.3, -0.25) is 0 Å². The SMILES string of the molecule is O=C([O-])[O-].[Co+2].[N].[N].[N].[N]. The summed E-state index contributed by atoms with van der Waals surface area (Å²) in [7, 11) is 0. The number of carboxylic acid groups (broad SMARTS) is 2. The van der Waals surface area contributed by atoms with Gasteiger partial charge >= 0.3 is 16.8 Å². The van der Waals surface area contributed by atoms with Crippen molar-refractivity contribution >= 4 is 6.16 Å². The Bertz CT molecular complexity index is 38.8. The first-order valence-corrected chi connectivity index (χ1v) is 0.612. The van der Waals surface area contributed by atoms with E-state index in [1.54, 1.807) is 0 Å². The Morgan fingerprint density at radius 3 is 0.889 bits per heavy atom. The van der Waals surface area contributed by atoms with Crippen molar-refractivity contribution in [3.8, 4) is 0 Å². The molecule has 0 aliphatic heterocycles. The topological polar surface area (TPSA) is 185 Å². The molecule has 7 nitrogen and oxygen atoms in total. The Hall–Kier alpha value is -0.384. The molecular weight excluding hydrogens is 175 g/mol. The standard InChI is InChI=1S/CH2O3.Co.4N/c2-1(3)4;;;;;/h(H2,2,3,4);;;;;/q;+2;;;;/p-2. The van der Waals surface area contributed by atoms with Crippen molar-refractivity contribution in [3.05, 3.63) is 0 Å². The summed E-state index contributed by atoms with van der Waals surface area (Å²) in [6.45, 7) is 0. The van der Waals surface area contributed by atoms with Crippen molar-refractivity contribution in [3.63, 3.8) is 0 Å². The van der Waals surface area contributed by atoms with Crippen LogP contribution in [0.25, 0.3) is 0 Å². The molecule has 0 heterocycles. The van der Waals surface area contributed by atoms with Crippen LogP contribution >= 0.6 is 0 Å². The number of hydrogen-bond acceptors (Lipinski definition) is 3. The van der Waals surface area contributed by atoms with Gasteiger partial charge < -0.3 is 15.0 Å². The van der Waals surface area contributed by atoms with Crippen LogP contribution in [0.1, 0.15) is 0 Å². The van der Waals surface area contributed by atoms with Crippen molar-refractivity contribution in [1.29, 1.82) is 0 Å². The third kappa shape index (κ3) is 1630. The number of carbonyl (C=O) groups excluding carboxylic acids is 1. The average Bonchev–Trinajstić information content (AvgIpc) is 0.811. The van der Waals surface area contributed by atoms with E-state index in [4.69, 9.17) is 15.0 Å². The molecular formula is CCoN4O3. The minimum Gasteiger partial charge on any atom is -0.652 e. The van der Waals surface area contributed by atoms with Crippen LogP contribution in [0.4, 0.5) is 4.79 Å². The molecule has 13 radical (unpaired) electrons. The largest absolute Gasteiger partial charge is 2.00 e. The number of rotatable bonds is 0. The zero-order chi connectivity index (χ0) is 3.58. The maximum Gasteiger partial charge on any atom is 2.00 e. The molecule has 0 bridgehead atoms. The molecule has 0 aromatic heterocycles. The van der Waals surface area contributed by atoms with Gasteiger partial charge in [0.1, 0.15) is 0 Å². The zero-order valence-corrected chi connectivity index (χ0v) is 4.89. The summed E-state index contributed by atoms with van der Waals surface area (Å²) in [5, 5.41) is 16.7. The molecule has 0 saturated heterocycles. The normalized spacial score (nSPS) is 2.67. The quantitative estimate of drug-likeness (QED) is 0.360.